The predicted octanol–water partition coefficient (Wildman–Crippen LogP) is 8.69. The summed E-state index contributed by atoms with van der Waals surface area (Å²) in [7, 11) is 0. The van der Waals surface area contributed by atoms with E-state index in [1.807, 2.05) is 67.6 Å². The Hall–Kier alpha value is -6.79. The van der Waals surface area contributed by atoms with Crippen LogP contribution in [0.5, 0.6) is 11.5 Å². The number of hydrogen-bond acceptors (Lipinski definition) is 8. The number of benzene rings is 4. The molecule has 1 aliphatic rings. The van der Waals surface area contributed by atoms with Gasteiger partial charge >= 0.3 is 0 Å². The van der Waals surface area contributed by atoms with Crippen LogP contribution in [0.3, 0.4) is 0 Å². The molecular formula is C45H42N4O7S. The van der Waals surface area contributed by atoms with Crippen molar-refractivity contribution < 1.29 is 28.8 Å². The number of carbonyl (C=O) groups is 3. The molecule has 4 aromatic rings. The predicted molar refractivity (Wildman–Crippen MR) is 225 cm³/mol. The minimum Gasteiger partial charge on any atom is -0.490 e. The lowest BCUT2D eigenvalue weighted by molar-refractivity contribution is -0.384. The third-order valence-corrected chi connectivity index (χ3v) is 9.51. The fourth-order valence-electron chi connectivity index (χ4n) is 5.93. The van der Waals surface area contributed by atoms with E-state index in [0.29, 0.717) is 46.9 Å². The highest BCUT2D eigenvalue weighted by Gasteiger charge is 2.35. The van der Waals surface area contributed by atoms with Crippen molar-refractivity contribution in [2.24, 2.45) is 4.99 Å². The van der Waals surface area contributed by atoms with Gasteiger partial charge in [-0.15, -0.1) is 6.58 Å². The molecule has 0 atom stereocenters. The first-order valence-corrected chi connectivity index (χ1v) is 19.1. The number of amidine groups is 1. The largest absolute Gasteiger partial charge is 0.490 e. The number of hydrogen-bond donors (Lipinski definition) is 1. The number of aliphatic imine (C=N–C) groups is 1. The second-order valence-electron chi connectivity index (χ2n) is 12.5. The van der Waals surface area contributed by atoms with Gasteiger partial charge in [-0.25, -0.2) is 0 Å². The van der Waals surface area contributed by atoms with Crippen molar-refractivity contribution in [3.05, 3.63) is 190 Å². The Bertz CT molecular complexity index is 2210. The van der Waals surface area contributed by atoms with E-state index >= 15 is 0 Å². The Morgan fingerprint density at radius 1 is 0.982 bits per heavy atom. The van der Waals surface area contributed by atoms with E-state index in [9.17, 15) is 24.5 Å². The Balaban J connectivity index is 1.45. The molecule has 0 bridgehead atoms. The van der Waals surface area contributed by atoms with Gasteiger partial charge in [0, 0.05) is 23.4 Å². The topological polar surface area (TPSA) is 140 Å². The summed E-state index contributed by atoms with van der Waals surface area (Å²) in [5.74, 6) is -1.04. The highest BCUT2D eigenvalue weighted by molar-refractivity contribution is 8.14. The Kier molecular flexibility index (Phi) is 14.7. The Morgan fingerprint density at radius 2 is 1.65 bits per heavy atom. The molecule has 57 heavy (non-hydrogen) atoms. The molecular weight excluding hydrogens is 741 g/mol. The number of thioether (sulfide) groups is 1. The number of nitrogens with one attached hydrogen (secondary N) is 1. The van der Waals surface area contributed by atoms with Crippen LogP contribution in [0.2, 0.25) is 0 Å². The summed E-state index contributed by atoms with van der Waals surface area (Å²) < 4.78 is 12.2. The molecule has 0 unspecified atom stereocenters. The van der Waals surface area contributed by atoms with E-state index in [2.05, 4.69) is 23.5 Å². The fourth-order valence-corrected chi connectivity index (χ4v) is 6.74. The number of nitro benzene ring substituents is 1. The maximum absolute atomic E-state index is 14.3. The number of carbonyl (C=O) groups excluding carboxylic acids is 3. The maximum atomic E-state index is 14.3. The molecule has 0 aromatic heterocycles. The highest BCUT2D eigenvalue weighted by atomic mass is 32.2. The zero-order valence-corrected chi connectivity index (χ0v) is 32.4. The standard InChI is InChI=1S/C45H42N4O7S/c1-5-9-21-36(7-3)48-44(52)38(43(51)47-45(48)57-30-40(50)46-41(33-17-12-10-13-18-33)34-19-14-11-15-20-34)27-32-26-35(16-6-2)42(39(28-32)55-8-4)56-29-31-22-24-37(25-23-31)49(53)54/h5-7,9-15,17-28,41H,1-2,8,16,29-30H2,3-4H3,(H,46,50)/b21-9-,36-7+,38-27+. The van der Waals surface area contributed by atoms with E-state index in [-0.39, 0.29) is 34.7 Å². The van der Waals surface area contributed by atoms with Crippen molar-refractivity contribution in [2.75, 3.05) is 12.4 Å². The van der Waals surface area contributed by atoms with Crippen LogP contribution in [0.15, 0.2) is 157 Å². The average Bonchev–Trinajstić information content (AvgIpc) is 3.22. The molecule has 0 fully saturated rings. The van der Waals surface area contributed by atoms with Gasteiger partial charge in [-0.2, -0.15) is 4.99 Å². The first-order chi connectivity index (χ1) is 27.7. The van der Waals surface area contributed by atoms with Crippen molar-refractivity contribution in [3.8, 4) is 11.5 Å². The molecule has 0 radical (unpaired) electrons. The number of rotatable bonds is 17. The van der Waals surface area contributed by atoms with Crippen molar-refractivity contribution in [1.29, 1.82) is 0 Å². The van der Waals surface area contributed by atoms with Crippen molar-refractivity contribution >= 4 is 46.4 Å². The number of allylic oxidation sites excluding steroid dienone is 5. The molecule has 4 aromatic carbocycles. The molecule has 0 saturated carbocycles. The summed E-state index contributed by atoms with van der Waals surface area (Å²) in [6.45, 7) is 11.6. The molecule has 11 nitrogen and oxygen atoms in total. The summed E-state index contributed by atoms with van der Waals surface area (Å²) in [6, 6.07) is 28.3. The van der Waals surface area contributed by atoms with Crippen LogP contribution in [0.1, 0.15) is 47.7 Å². The SMILES string of the molecule is C=C/C=C\C(=C/C)N1C(=O)/C(=C/c2cc(CC=C)c(OCc3ccc([N+](=O)[O-])cc3)c(OCC)c2)C(=O)N=C1SCC(=O)NC(c1ccccc1)c1ccccc1. The molecule has 0 aliphatic carbocycles. The van der Waals surface area contributed by atoms with Gasteiger partial charge in [0.2, 0.25) is 5.91 Å². The van der Waals surface area contributed by atoms with E-state index in [1.165, 1.54) is 23.1 Å². The molecule has 1 aliphatic heterocycles. The van der Waals surface area contributed by atoms with Gasteiger partial charge in [-0.1, -0.05) is 103 Å². The summed E-state index contributed by atoms with van der Waals surface area (Å²) in [5, 5.41) is 14.2. The van der Waals surface area contributed by atoms with Crippen LogP contribution in [-0.4, -0.2) is 45.1 Å². The minimum absolute atomic E-state index is 0.0292. The number of amides is 3. The highest BCUT2D eigenvalue weighted by Crippen LogP contribution is 2.36. The molecule has 1 heterocycles. The monoisotopic (exact) mass is 782 g/mol. The maximum Gasteiger partial charge on any atom is 0.285 e. The minimum atomic E-state index is -0.768. The molecule has 290 valence electrons. The van der Waals surface area contributed by atoms with Crippen molar-refractivity contribution in [2.45, 2.75) is 32.9 Å². The summed E-state index contributed by atoms with van der Waals surface area (Å²) in [4.78, 5) is 57.8. The smallest absolute Gasteiger partial charge is 0.285 e. The van der Waals surface area contributed by atoms with Crippen LogP contribution in [0.25, 0.3) is 6.08 Å². The van der Waals surface area contributed by atoms with E-state index in [0.717, 1.165) is 22.9 Å². The number of nitrogens with zero attached hydrogens (tertiary/aromatic N) is 3. The first kappa shape index (κ1) is 41.4. The van der Waals surface area contributed by atoms with Crippen molar-refractivity contribution in [1.82, 2.24) is 10.2 Å². The molecule has 0 saturated heterocycles. The lowest BCUT2D eigenvalue weighted by Crippen LogP contribution is -2.42. The van der Waals surface area contributed by atoms with Crippen LogP contribution in [-0.2, 0) is 27.4 Å². The second kappa shape index (κ2) is 20.2. The summed E-state index contributed by atoms with van der Waals surface area (Å²) in [6.07, 6.45) is 10.1. The van der Waals surface area contributed by atoms with E-state index < -0.39 is 22.8 Å². The number of nitro groups is 1. The van der Waals surface area contributed by atoms with Gasteiger partial charge in [-0.3, -0.25) is 29.4 Å². The van der Waals surface area contributed by atoms with Crippen LogP contribution < -0.4 is 14.8 Å². The lowest BCUT2D eigenvalue weighted by atomic mass is 9.99. The van der Waals surface area contributed by atoms with Crippen LogP contribution >= 0.6 is 11.8 Å². The van der Waals surface area contributed by atoms with Gasteiger partial charge in [0.05, 0.1) is 23.3 Å². The number of ether oxygens (including phenoxy) is 2. The zero-order valence-electron chi connectivity index (χ0n) is 31.6. The molecule has 12 heteroatoms. The lowest BCUT2D eigenvalue weighted by Gasteiger charge is -2.28. The molecule has 0 spiro atoms. The van der Waals surface area contributed by atoms with Crippen LogP contribution in [0, 0.1) is 10.1 Å². The average molecular weight is 783 g/mol. The summed E-state index contributed by atoms with van der Waals surface area (Å²) in [5.41, 5.74) is 3.86. The third kappa shape index (κ3) is 10.7. The van der Waals surface area contributed by atoms with E-state index in [1.54, 1.807) is 61.6 Å². The van der Waals surface area contributed by atoms with Gasteiger partial charge in [0.1, 0.15) is 12.2 Å². The van der Waals surface area contributed by atoms with Gasteiger partial charge in [0.15, 0.2) is 16.7 Å². The van der Waals surface area contributed by atoms with E-state index in [4.69, 9.17) is 9.47 Å². The van der Waals surface area contributed by atoms with Gasteiger partial charge < -0.3 is 14.8 Å². The quantitative estimate of drug-likeness (QED) is 0.0280. The normalized spacial score (nSPS) is 13.8. The number of non-ortho nitro benzene ring substituents is 1. The van der Waals surface area contributed by atoms with Crippen LogP contribution in [0.4, 0.5) is 5.69 Å². The fraction of sp³-hybridized carbons (Fsp3) is 0.156. The Morgan fingerprint density at radius 3 is 2.23 bits per heavy atom. The van der Waals surface area contributed by atoms with Gasteiger partial charge in [-0.05, 0) is 78.9 Å². The zero-order chi connectivity index (χ0) is 40.7. The first-order valence-electron chi connectivity index (χ1n) is 18.1. The van der Waals surface area contributed by atoms with Gasteiger partial charge in [0.25, 0.3) is 17.5 Å². The second-order valence-corrected chi connectivity index (χ2v) is 13.4. The molecule has 5 rings (SSSR count). The third-order valence-electron chi connectivity index (χ3n) is 8.57. The Labute approximate surface area is 336 Å². The van der Waals surface area contributed by atoms with Crippen molar-refractivity contribution in [3.63, 3.8) is 0 Å². The summed E-state index contributed by atoms with van der Waals surface area (Å²) >= 11 is 0.978. The molecule has 3 amide bonds. The molecule has 1 N–H and O–H groups in total.